The van der Waals surface area contributed by atoms with E-state index >= 15 is 0 Å². The standard InChI is InChI=1S/C26H35N5O3/c1-27-10-2-3-24(27)26(33)30-15-13-29(14-16-30)23-6-4-22(5-7-23)28-11-8-21(9-12-28)25(32)31-17-19-34-20-18-31/h2-7,10,21H,8-9,11-20H2,1H3. The molecule has 8 heteroatoms. The van der Waals surface area contributed by atoms with Crippen LogP contribution in [-0.4, -0.2) is 91.8 Å². The number of piperidine rings is 1. The predicted molar refractivity (Wildman–Crippen MR) is 132 cm³/mol. The summed E-state index contributed by atoms with van der Waals surface area (Å²) in [5.41, 5.74) is 3.17. The van der Waals surface area contributed by atoms with Crippen LogP contribution in [-0.2, 0) is 16.6 Å². The number of rotatable bonds is 4. The Balaban J connectivity index is 1.11. The number of benzene rings is 1. The van der Waals surface area contributed by atoms with Gasteiger partial charge in [-0.1, -0.05) is 0 Å². The van der Waals surface area contributed by atoms with Crippen LogP contribution in [0.5, 0.6) is 0 Å². The molecule has 0 saturated carbocycles. The van der Waals surface area contributed by atoms with Gasteiger partial charge in [0.2, 0.25) is 5.91 Å². The molecule has 0 bridgehead atoms. The van der Waals surface area contributed by atoms with E-state index in [2.05, 4.69) is 34.1 Å². The highest BCUT2D eigenvalue weighted by molar-refractivity contribution is 5.93. The first-order valence-corrected chi connectivity index (χ1v) is 12.5. The Hall–Kier alpha value is -3.00. The van der Waals surface area contributed by atoms with E-state index in [9.17, 15) is 9.59 Å². The Morgan fingerprint density at radius 1 is 0.765 bits per heavy atom. The van der Waals surface area contributed by atoms with Crippen LogP contribution in [0.15, 0.2) is 42.6 Å². The van der Waals surface area contributed by atoms with Crippen molar-refractivity contribution in [3.05, 3.63) is 48.3 Å². The van der Waals surface area contributed by atoms with Crippen molar-refractivity contribution in [1.82, 2.24) is 14.4 Å². The number of anilines is 2. The van der Waals surface area contributed by atoms with Gasteiger partial charge in [-0.2, -0.15) is 0 Å². The summed E-state index contributed by atoms with van der Waals surface area (Å²) < 4.78 is 7.26. The number of piperazine rings is 1. The van der Waals surface area contributed by atoms with E-state index in [4.69, 9.17) is 4.74 Å². The predicted octanol–water partition coefficient (Wildman–Crippen LogP) is 2.06. The average Bonchev–Trinajstić information content (AvgIpc) is 3.34. The molecule has 34 heavy (non-hydrogen) atoms. The van der Waals surface area contributed by atoms with Gasteiger partial charge in [-0.15, -0.1) is 0 Å². The quantitative estimate of drug-likeness (QED) is 0.692. The third kappa shape index (κ3) is 4.78. The number of carbonyl (C=O) groups is 2. The topological polar surface area (TPSA) is 61.3 Å². The van der Waals surface area contributed by atoms with Crippen LogP contribution in [0.2, 0.25) is 0 Å². The highest BCUT2D eigenvalue weighted by atomic mass is 16.5. The van der Waals surface area contributed by atoms with E-state index < -0.39 is 0 Å². The molecule has 0 N–H and O–H groups in total. The van der Waals surface area contributed by atoms with E-state index in [1.165, 1.54) is 11.4 Å². The minimum atomic E-state index is 0.109. The zero-order valence-electron chi connectivity index (χ0n) is 20.1. The second-order valence-electron chi connectivity index (χ2n) is 9.50. The lowest BCUT2D eigenvalue weighted by Crippen LogP contribution is -2.49. The van der Waals surface area contributed by atoms with E-state index in [0.717, 1.165) is 70.9 Å². The summed E-state index contributed by atoms with van der Waals surface area (Å²) in [6, 6.07) is 12.6. The lowest BCUT2D eigenvalue weighted by molar-refractivity contribution is -0.140. The molecule has 0 spiro atoms. The minimum absolute atomic E-state index is 0.109. The largest absolute Gasteiger partial charge is 0.378 e. The van der Waals surface area contributed by atoms with Crippen molar-refractivity contribution in [2.45, 2.75) is 12.8 Å². The van der Waals surface area contributed by atoms with Crippen molar-refractivity contribution in [3.63, 3.8) is 0 Å². The van der Waals surface area contributed by atoms with Crippen LogP contribution in [0.1, 0.15) is 23.3 Å². The number of nitrogens with zero attached hydrogens (tertiary/aromatic N) is 5. The second kappa shape index (κ2) is 10.1. The molecule has 3 saturated heterocycles. The Bertz CT molecular complexity index is 982. The molecule has 4 heterocycles. The summed E-state index contributed by atoms with van der Waals surface area (Å²) in [7, 11) is 1.91. The molecule has 2 aromatic rings. The maximum Gasteiger partial charge on any atom is 0.270 e. The molecule has 3 aliphatic heterocycles. The number of carbonyl (C=O) groups excluding carboxylic acids is 2. The molecule has 3 fully saturated rings. The monoisotopic (exact) mass is 465 g/mol. The fourth-order valence-corrected chi connectivity index (χ4v) is 5.31. The van der Waals surface area contributed by atoms with Crippen molar-refractivity contribution in [1.29, 1.82) is 0 Å². The fourth-order valence-electron chi connectivity index (χ4n) is 5.31. The maximum absolute atomic E-state index is 12.8. The van der Waals surface area contributed by atoms with Gasteiger partial charge in [0.1, 0.15) is 5.69 Å². The number of morpholine rings is 1. The highest BCUT2D eigenvalue weighted by Crippen LogP contribution is 2.27. The lowest BCUT2D eigenvalue weighted by atomic mass is 9.94. The summed E-state index contributed by atoms with van der Waals surface area (Å²) in [6.07, 6.45) is 3.74. The molecule has 1 aromatic heterocycles. The van der Waals surface area contributed by atoms with E-state index in [0.29, 0.717) is 19.1 Å². The number of hydrogen-bond acceptors (Lipinski definition) is 5. The molecular weight excluding hydrogens is 430 g/mol. The zero-order valence-corrected chi connectivity index (χ0v) is 20.1. The molecular formula is C26H35N5O3. The van der Waals surface area contributed by atoms with Gasteiger partial charge in [-0.3, -0.25) is 9.59 Å². The van der Waals surface area contributed by atoms with Crippen LogP contribution >= 0.6 is 0 Å². The fraction of sp³-hybridized carbons (Fsp3) is 0.538. The Labute approximate surface area is 201 Å². The number of aryl methyl sites for hydroxylation is 1. The first-order chi connectivity index (χ1) is 16.6. The van der Waals surface area contributed by atoms with Gasteiger partial charge < -0.3 is 28.9 Å². The maximum atomic E-state index is 12.8. The molecule has 1 aromatic carbocycles. The first kappa shape index (κ1) is 22.8. The lowest BCUT2D eigenvalue weighted by Gasteiger charge is -2.37. The summed E-state index contributed by atoms with van der Waals surface area (Å²) in [6.45, 7) is 7.76. The summed E-state index contributed by atoms with van der Waals surface area (Å²) in [5.74, 6) is 0.559. The first-order valence-electron chi connectivity index (χ1n) is 12.5. The smallest absolute Gasteiger partial charge is 0.270 e. The van der Waals surface area contributed by atoms with Crippen molar-refractivity contribution >= 4 is 23.2 Å². The van der Waals surface area contributed by atoms with Crippen LogP contribution < -0.4 is 9.80 Å². The van der Waals surface area contributed by atoms with Crippen molar-refractivity contribution < 1.29 is 14.3 Å². The minimum Gasteiger partial charge on any atom is -0.378 e. The SMILES string of the molecule is Cn1cccc1C(=O)N1CCN(c2ccc(N3CCC(C(=O)N4CCOCC4)CC3)cc2)CC1. The van der Waals surface area contributed by atoms with Gasteiger partial charge in [0.25, 0.3) is 5.91 Å². The van der Waals surface area contributed by atoms with E-state index in [1.807, 2.05) is 39.7 Å². The third-order valence-electron chi connectivity index (χ3n) is 7.48. The molecule has 0 aliphatic carbocycles. The van der Waals surface area contributed by atoms with Crippen LogP contribution in [0.4, 0.5) is 11.4 Å². The number of hydrogen-bond donors (Lipinski definition) is 0. The Morgan fingerprint density at radius 3 is 1.91 bits per heavy atom. The van der Waals surface area contributed by atoms with E-state index in [-0.39, 0.29) is 11.8 Å². The van der Waals surface area contributed by atoms with Gasteiger partial charge in [-0.25, -0.2) is 0 Å². The van der Waals surface area contributed by atoms with Crippen LogP contribution in [0, 0.1) is 5.92 Å². The van der Waals surface area contributed by atoms with Crippen molar-refractivity contribution in [2.75, 3.05) is 75.4 Å². The van der Waals surface area contributed by atoms with E-state index in [1.54, 1.807) is 0 Å². The molecule has 2 amide bonds. The molecule has 0 atom stereocenters. The van der Waals surface area contributed by atoms with Crippen LogP contribution in [0.25, 0.3) is 0 Å². The molecule has 5 rings (SSSR count). The number of amides is 2. The normalized spacial score (nSPS) is 20.0. The summed E-state index contributed by atoms with van der Waals surface area (Å²) in [4.78, 5) is 34.2. The third-order valence-corrected chi connectivity index (χ3v) is 7.48. The Morgan fingerprint density at radius 2 is 1.35 bits per heavy atom. The zero-order chi connectivity index (χ0) is 23.5. The molecule has 0 unspecified atom stereocenters. The molecule has 3 aliphatic rings. The molecule has 182 valence electrons. The van der Waals surface area contributed by atoms with Crippen molar-refractivity contribution in [3.8, 4) is 0 Å². The van der Waals surface area contributed by atoms with Crippen LogP contribution in [0.3, 0.4) is 0 Å². The van der Waals surface area contributed by atoms with Gasteiger partial charge in [0.05, 0.1) is 13.2 Å². The molecule has 8 nitrogen and oxygen atoms in total. The van der Waals surface area contributed by atoms with Gasteiger partial charge in [0, 0.05) is 82.9 Å². The Kier molecular flexibility index (Phi) is 6.76. The van der Waals surface area contributed by atoms with Gasteiger partial charge >= 0.3 is 0 Å². The summed E-state index contributed by atoms with van der Waals surface area (Å²) >= 11 is 0. The van der Waals surface area contributed by atoms with Gasteiger partial charge in [0.15, 0.2) is 0 Å². The second-order valence-corrected chi connectivity index (χ2v) is 9.50. The van der Waals surface area contributed by atoms with Gasteiger partial charge in [-0.05, 0) is 49.2 Å². The number of ether oxygens (including phenoxy) is 1. The average molecular weight is 466 g/mol. The molecule has 0 radical (unpaired) electrons. The highest BCUT2D eigenvalue weighted by Gasteiger charge is 2.29. The van der Waals surface area contributed by atoms with Crippen molar-refractivity contribution in [2.24, 2.45) is 13.0 Å². The summed E-state index contributed by atoms with van der Waals surface area (Å²) in [5, 5.41) is 0. The number of aromatic nitrogens is 1.